The van der Waals surface area contributed by atoms with Gasteiger partial charge in [-0.2, -0.15) is 0 Å². The van der Waals surface area contributed by atoms with Gasteiger partial charge >= 0.3 is 0 Å². The number of aliphatic hydroxyl groups is 1. The van der Waals surface area contributed by atoms with E-state index in [0.29, 0.717) is 18.3 Å². The molecular weight excluding hydrogens is 316 g/mol. The van der Waals surface area contributed by atoms with E-state index >= 15 is 0 Å². The highest BCUT2D eigenvalue weighted by Gasteiger charge is 2.40. The van der Waals surface area contributed by atoms with Gasteiger partial charge in [-0.25, -0.2) is 0 Å². The van der Waals surface area contributed by atoms with Gasteiger partial charge in [-0.05, 0) is 48.4 Å². The molecule has 1 aromatic rings. The summed E-state index contributed by atoms with van der Waals surface area (Å²) in [5.41, 5.74) is 0.556. The summed E-state index contributed by atoms with van der Waals surface area (Å²) < 4.78 is 6.36. The summed E-state index contributed by atoms with van der Waals surface area (Å²) >= 11 is 3.60. The van der Waals surface area contributed by atoms with Crippen molar-refractivity contribution in [3.63, 3.8) is 0 Å². The largest absolute Gasteiger partial charge is 0.497 e. The fourth-order valence-electron chi connectivity index (χ4n) is 3.57. The van der Waals surface area contributed by atoms with E-state index in [1.54, 1.807) is 7.11 Å². The number of hydrogen-bond donors (Lipinski definition) is 1. The smallest absolute Gasteiger partial charge is 0.119 e. The second-order valence-electron chi connectivity index (χ2n) is 6.33. The average molecular weight is 341 g/mol. The molecule has 0 spiro atoms. The van der Waals surface area contributed by atoms with Gasteiger partial charge in [-0.15, -0.1) is 0 Å². The molecule has 0 amide bonds. The molecule has 1 aromatic carbocycles. The maximum Gasteiger partial charge on any atom is 0.119 e. The Kier molecular flexibility index (Phi) is 5.14. The summed E-state index contributed by atoms with van der Waals surface area (Å²) in [6.45, 7) is 4.45. The number of ether oxygens (including phenoxy) is 1. The molecular formula is C17H25BrO2. The minimum atomic E-state index is -0.582. The summed E-state index contributed by atoms with van der Waals surface area (Å²) in [5.74, 6) is 1.75. The fourth-order valence-corrected chi connectivity index (χ4v) is 3.95. The van der Waals surface area contributed by atoms with Crippen LogP contribution in [0.1, 0.15) is 45.1 Å². The molecule has 1 fully saturated rings. The van der Waals surface area contributed by atoms with Crippen LogP contribution in [-0.4, -0.2) is 17.8 Å². The molecule has 3 heteroatoms. The summed E-state index contributed by atoms with van der Waals surface area (Å²) in [7, 11) is 1.68. The van der Waals surface area contributed by atoms with Crippen LogP contribution in [0.25, 0.3) is 0 Å². The van der Waals surface area contributed by atoms with Crippen LogP contribution in [0.2, 0.25) is 0 Å². The van der Waals surface area contributed by atoms with E-state index in [-0.39, 0.29) is 0 Å². The SMILES string of the molecule is COc1ccc(Br)c(CC2(O)CCCCC2C(C)C)c1. The van der Waals surface area contributed by atoms with Gasteiger partial charge in [-0.1, -0.05) is 42.6 Å². The van der Waals surface area contributed by atoms with Crippen LogP contribution in [0.5, 0.6) is 5.75 Å². The number of rotatable bonds is 4. The average Bonchev–Trinajstić information content (AvgIpc) is 2.41. The van der Waals surface area contributed by atoms with E-state index in [1.165, 1.54) is 6.42 Å². The zero-order valence-electron chi connectivity index (χ0n) is 12.7. The number of halogens is 1. The first-order valence-corrected chi connectivity index (χ1v) is 8.30. The van der Waals surface area contributed by atoms with Gasteiger partial charge in [0, 0.05) is 10.9 Å². The molecule has 1 aliphatic carbocycles. The molecule has 0 radical (unpaired) electrons. The highest BCUT2D eigenvalue weighted by molar-refractivity contribution is 9.10. The molecule has 112 valence electrons. The van der Waals surface area contributed by atoms with Crippen molar-refractivity contribution in [1.29, 1.82) is 0 Å². The normalized spacial score (nSPS) is 26.8. The standard InChI is InChI=1S/C17H25BrO2/c1-12(2)15-6-4-5-9-17(15,19)11-13-10-14(20-3)7-8-16(13)18/h7-8,10,12,15,19H,4-6,9,11H2,1-3H3. The molecule has 1 saturated carbocycles. The molecule has 0 saturated heterocycles. The third-order valence-corrected chi connectivity index (χ3v) is 5.39. The van der Waals surface area contributed by atoms with E-state index in [2.05, 4.69) is 29.8 Å². The Bertz CT molecular complexity index is 458. The van der Waals surface area contributed by atoms with Crippen LogP contribution < -0.4 is 4.74 Å². The van der Waals surface area contributed by atoms with Gasteiger partial charge < -0.3 is 9.84 Å². The van der Waals surface area contributed by atoms with Gasteiger partial charge in [0.25, 0.3) is 0 Å². The number of methoxy groups -OCH3 is 1. The van der Waals surface area contributed by atoms with Crippen molar-refractivity contribution in [2.45, 2.75) is 51.6 Å². The van der Waals surface area contributed by atoms with Crippen molar-refractivity contribution in [2.75, 3.05) is 7.11 Å². The van der Waals surface area contributed by atoms with E-state index < -0.39 is 5.60 Å². The lowest BCUT2D eigenvalue weighted by Crippen LogP contribution is -2.45. The fraction of sp³-hybridized carbons (Fsp3) is 0.647. The van der Waals surface area contributed by atoms with Gasteiger partial charge in [0.15, 0.2) is 0 Å². The van der Waals surface area contributed by atoms with Gasteiger partial charge in [0.2, 0.25) is 0 Å². The van der Waals surface area contributed by atoms with Crippen LogP contribution in [-0.2, 0) is 6.42 Å². The van der Waals surface area contributed by atoms with E-state index in [4.69, 9.17) is 4.74 Å². The van der Waals surface area contributed by atoms with Crippen molar-refractivity contribution in [3.05, 3.63) is 28.2 Å². The summed E-state index contributed by atoms with van der Waals surface area (Å²) in [6.07, 6.45) is 5.11. The second kappa shape index (κ2) is 6.48. The zero-order chi connectivity index (χ0) is 14.8. The molecule has 0 aromatic heterocycles. The van der Waals surface area contributed by atoms with Crippen molar-refractivity contribution >= 4 is 15.9 Å². The third-order valence-electron chi connectivity index (χ3n) is 4.62. The van der Waals surface area contributed by atoms with Crippen molar-refractivity contribution in [1.82, 2.24) is 0 Å². The monoisotopic (exact) mass is 340 g/mol. The molecule has 0 bridgehead atoms. The van der Waals surface area contributed by atoms with Crippen molar-refractivity contribution in [2.24, 2.45) is 11.8 Å². The highest BCUT2D eigenvalue weighted by Crippen LogP contribution is 2.41. The molecule has 2 atom stereocenters. The van der Waals surface area contributed by atoms with Crippen LogP contribution in [0, 0.1) is 11.8 Å². The van der Waals surface area contributed by atoms with Crippen LogP contribution in [0.4, 0.5) is 0 Å². The van der Waals surface area contributed by atoms with Crippen LogP contribution in [0.15, 0.2) is 22.7 Å². The van der Waals surface area contributed by atoms with Gasteiger partial charge in [-0.3, -0.25) is 0 Å². The Labute approximate surface area is 130 Å². The first-order chi connectivity index (χ1) is 9.46. The molecule has 20 heavy (non-hydrogen) atoms. The van der Waals surface area contributed by atoms with E-state index in [0.717, 1.165) is 35.0 Å². The Morgan fingerprint density at radius 2 is 2.15 bits per heavy atom. The predicted octanol–water partition coefficient (Wildman–Crippen LogP) is 4.58. The Balaban J connectivity index is 2.26. The molecule has 1 N–H and O–H groups in total. The van der Waals surface area contributed by atoms with E-state index in [9.17, 15) is 5.11 Å². The predicted molar refractivity (Wildman–Crippen MR) is 86.1 cm³/mol. The summed E-state index contributed by atoms with van der Waals surface area (Å²) in [6, 6.07) is 5.98. The topological polar surface area (TPSA) is 29.5 Å². The third kappa shape index (κ3) is 3.37. The highest BCUT2D eigenvalue weighted by atomic mass is 79.9. The lowest BCUT2D eigenvalue weighted by molar-refractivity contribution is -0.0653. The quantitative estimate of drug-likeness (QED) is 0.869. The van der Waals surface area contributed by atoms with Crippen LogP contribution >= 0.6 is 15.9 Å². The maximum atomic E-state index is 11.2. The molecule has 2 rings (SSSR count). The van der Waals surface area contributed by atoms with Crippen molar-refractivity contribution in [3.8, 4) is 5.75 Å². The van der Waals surface area contributed by atoms with Gasteiger partial charge in [0.05, 0.1) is 12.7 Å². The van der Waals surface area contributed by atoms with E-state index in [1.807, 2.05) is 18.2 Å². The number of hydrogen-bond acceptors (Lipinski definition) is 2. The Morgan fingerprint density at radius 3 is 2.80 bits per heavy atom. The number of benzene rings is 1. The summed E-state index contributed by atoms with van der Waals surface area (Å²) in [5, 5.41) is 11.2. The molecule has 0 heterocycles. The molecule has 2 nitrogen and oxygen atoms in total. The Morgan fingerprint density at radius 1 is 1.40 bits per heavy atom. The lowest BCUT2D eigenvalue weighted by atomic mass is 9.68. The van der Waals surface area contributed by atoms with Gasteiger partial charge in [0.1, 0.15) is 5.75 Å². The zero-order valence-corrected chi connectivity index (χ0v) is 14.2. The second-order valence-corrected chi connectivity index (χ2v) is 7.19. The first-order valence-electron chi connectivity index (χ1n) is 7.51. The first kappa shape index (κ1) is 15.8. The summed E-state index contributed by atoms with van der Waals surface area (Å²) in [4.78, 5) is 0. The minimum Gasteiger partial charge on any atom is -0.497 e. The van der Waals surface area contributed by atoms with Crippen molar-refractivity contribution < 1.29 is 9.84 Å². The Hall–Kier alpha value is -0.540. The lowest BCUT2D eigenvalue weighted by Gasteiger charge is -2.42. The van der Waals surface area contributed by atoms with Crippen LogP contribution in [0.3, 0.4) is 0 Å². The molecule has 2 unspecified atom stereocenters. The molecule has 1 aliphatic rings. The maximum absolute atomic E-state index is 11.2. The minimum absolute atomic E-state index is 0.384. The molecule has 0 aliphatic heterocycles.